The Morgan fingerprint density at radius 3 is 2.43 bits per heavy atom. The van der Waals surface area contributed by atoms with Crippen molar-refractivity contribution in [2.45, 2.75) is 6.92 Å². The molecule has 0 bridgehead atoms. The summed E-state index contributed by atoms with van der Waals surface area (Å²) in [6.07, 6.45) is 0. The fourth-order valence-corrected chi connectivity index (χ4v) is 2.64. The second-order valence-corrected chi connectivity index (χ2v) is 4.92. The van der Waals surface area contributed by atoms with Gasteiger partial charge in [0.15, 0.2) is 11.3 Å². The minimum Gasteiger partial charge on any atom is -0.507 e. The Balaban J connectivity index is 2.17. The van der Waals surface area contributed by atoms with Crippen molar-refractivity contribution in [2.24, 2.45) is 0 Å². The highest BCUT2D eigenvalue weighted by Crippen LogP contribution is 2.41. The molecular formula is C16H12N2O3. The summed E-state index contributed by atoms with van der Waals surface area (Å²) in [5.41, 5.74) is 2.36. The van der Waals surface area contributed by atoms with Crippen molar-refractivity contribution in [1.29, 1.82) is 0 Å². The van der Waals surface area contributed by atoms with Gasteiger partial charge in [-0.25, -0.2) is 0 Å². The molecule has 0 unspecified atom stereocenters. The average Bonchev–Trinajstić information content (AvgIpc) is 3.03. The van der Waals surface area contributed by atoms with Crippen LogP contribution in [0.4, 0.5) is 0 Å². The summed E-state index contributed by atoms with van der Waals surface area (Å²) in [4.78, 5) is 0. The molecule has 0 radical (unpaired) electrons. The lowest BCUT2D eigenvalue weighted by Gasteiger charge is -2.00. The van der Waals surface area contributed by atoms with E-state index in [4.69, 9.17) is 4.42 Å². The highest BCUT2D eigenvalue weighted by molar-refractivity contribution is 6.10. The number of hydrogen-bond acceptors (Lipinski definition) is 4. The molecule has 0 atom stereocenters. The summed E-state index contributed by atoms with van der Waals surface area (Å²) >= 11 is 0. The molecule has 104 valence electrons. The van der Waals surface area contributed by atoms with Crippen molar-refractivity contribution < 1.29 is 14.6 Å². The fraction of sp³-hybridized carbons (Fsp3) is 0.0625. The number of aryl methyl sites for hydroxylation is 1. The molecular weight excluding hydrogens is 268 g/mol. The van der Waals surface area contributed by atoms with Gasteiger partial charge in [0.1, 0.15) is 5.75 Å². The number of furan rings is 1. The molecule has 5 heteroatoms. The monoisotopic (exact) mass is 280 g/mol. The molecule has 0 spiro atoms. The second kappa shape index (κ2) is 4.02. The predicted molar refractivity (Wildman–Crippen MR) is 78.9 cm³/mol. The van der Waals surface area contributed by atoms with E-state index >= 15 is 0 Å². The summed E-state index contributed by atoms with van der Waals surface area (Å²) in [7, 11) is 0. The lowest BCUT2D eigenvalue weighted by molar-refractivity contribution is 0.459. The van der Waals surface area contributed by atoms with Gasteiger partial charge in [0.05, 0.1) is 22.2 Å². The maximum Gasteiger partial charge on any atom is 0.231 e. The highest BCUT2D eigenvalue weighted by atomic mass is 16.4. The van der Waals surface area contributed by atoms with Crippen LogP contribution in [0.5, 0.6) is 11.5 Å². The van der Waals surface area contributed by atoms with E-state index in [1.807, 2.05) is 37.3 Å². The summed E-state index contributed by atoms with van der Waals surface area (Å²) < 4.78 is 7.43. The number of para-hydroxylation sites is 1. The van der Waals surface area contributed by atoms with E-state index in [1.54, 1.807) is 4.68 Å². The van der Waals surface area contributed by atoms with Gasteiger partial charge in [-0.2, -0.15) is 9.78 Å². The van der Waals surface area contributed by atoms with Crippen LogP contribution >= 0.6 is 0 Å². The zero-order chi connectivity index (χ0) is 14.6. The Bertz CT molecular complexity index is 968. The van der Waals surface area contributed by atoms with E-state index in [9.17, 15) is 10.2 Å². The minimum atomic E-state index is -0.00184. The summed E-state index contributed by atoms with van der Waals surface area (Å²) in [6.45, 7) is 1.85. The first-order valence-corrected chi connectivity index (χ1v) is 6.55. The van der Waals surface area contributed by atoms with Gasteiger partial charge < -0.3 is 14.6 Å². The second-order valence-electron chi connectivity index (χ2n) is 4.92. The molecule has 2 N–H and O–H groups in total. The van der Waals surface area contributed by atoms with Gasteiger partial charge in [0, 0.05) is 0 Å². The molecule has 4 rings (SSSR count). The molecule has 0 saturated carbocycles. The first-order valence-electron chi connectivity index (χ1n) is 6.55. The summed E-state index contributed by atoms with van der Waals surface area (Å²) in [5, 5.41) is 25.7. The van der Waals surface area contributed by atoms with E-state index in [-0.39, 0.29) is 17.1 Å². The zero-order valence-electron chi connectivity index (χ0n) is 11.2. The SMILES string of the molecule is Cc1nn(-c2ccccc2)c2oc3c(O)ccc(O)c3c12. The molecule has 2 heterocycles. The number of benzene rings is 2. The van der Waals surface area contributed by atoms with E-state index in [0.29, 0.717) is 16.5 Å². The number of hydrogen-bond donors (Lipinski definition) is 2. The number of aromatic nitrogens is 2. The molecule has 4 aromatic rings. The molecule has 0 aliphatic carbocycles. The van der Waals surface area contributed by atoms with Crippen molar-refractivity contribution in [3.8, 4) is 17.2 Å². The standard InChI is InChI=1S/C16H12N2O3/c1-9-13-14-11(19)7-8-12(20)15(14)21-16(13)18(17-9)10-5-3-2-4-6-10/h2-8,19-20H,1H3. The number of aromatic hydroxyl groups is 2. The smallest absolute Gasteiger partial charge is 0.231 e. The van der Waals surface area contributed by atoms with Crippen molar-refractivity contribution in [1.82, 2.24) is 9.78 Å². The van der Waals surface area contributed by atoms with Gasteiger partial charge in [-0.3, -0.25) is 0 Å². The van der Waals surface area contributed by atoms with Crippen LogP contribution in [0.25, 0.3) is 27.8 Å². The molecule has 5 nitrogen and oxygen atoms in total. The first-order chi connectivity index (χ1) is 10.2. The van der Waals surface area contributed by atoms with Crippen LogP contribution in [-0.2, 0) is 0 Å². The number of phenols is 2. The van der Waals surface area contributed by atoms with Crippen molar-refractivity contribution in [3.63, 3.8) is 0 Å². The first kappa shape index (κ1) is 11.8. The van der Waals surface area contributed by atoms with Crippen LogP contribution in [0, 0.1) is 6.92 Å². The molecule has 0 aliphatic heterocycles. The Morgan fingerprint density at radius 2 is 1.67 bits per heavy atom. The van der Waals surface area contributed by atoms with Crippen LogP contribution in [0.2, 0.25) is 0 Å². The maximum atomic E-state index is 10.1. The number of rotatable bonds is 1. The van der Waals surface area contributed by atoms with Gasteiger partial charge in [0.2, 0.25) is 5.71 Å². The average molecular weight is 280 g/mol. The molecule has 0 saturated heterocycles. The minimum absolute atomic E-state index is 0.00184. The van der Waals surface area contributed by atoms with Gasteiger partial charge in [-0.05, 0) is 31.2 Å². The fourth-order valence-electron chi connectivity index (χ4n) is 2.64. The summed E-state index contributed by atoms with van der Waals surface area (Å²) in [5.74, 6) is 0.0651. The molecule has 0 fully saturated rings. The molecule has 0 aliphatic rings. The van der Waals surface area contributed by atoms with Crippen molar-refractivity contribution in [2.75, 3.05) is 0 Å². The third kappa shape index (κ3) is 1.54. The van der Waals surface area contributed by atoms with Crippen LogP contribution < -0.4 is 0 Å². The normalized spacial score (nSPS) is 11.5. The summed E-state index contributed by atoms with van der Waals surface area (Å²) in [6, 6.07) is 12.4. The van der Waals surface area contributed by atoms with E-state index in [2.05, 4.69) is 5.10 Å². The molecule has 0 amide bonds. The number of nitrogens with zero attached hydrogens (tertiary/aromatic N) is 2. The molecule has 2 aromatic heterocycles. The van der Waals surface area contributed by atoms with Gasteiger partial charge >= 0.3 is 0 Å². The van der Waals surface area contributed by atoms with E-state index in [1.165, 1.54) is 12.1 Å². The van der Waals surface area contributed by atoms with Crippen LogP contribution in [0.3, 0.4) is 0 Å². The lowest BCUT2D eigenvalue weighted by atomic mass is 10.1. The molecule has 21 heavy (non-hydrogen) atoms. The van der Waals surface area contributed by atoms with E-state index < -0.39 is 0 Å². The van der Waals surface area contributed by atoms with Crippen LogP contribution in [0.1, 0.15) is 5.69 Å². The van der Waals surface area contributed by atoms with Gasteiger partial charge in [0.25, 0.3) is 0 Å². The predicted octanol–water partition coefficient (Wildman–Crippen LogP) is 3.49. The van der Waals surface area contributed by atoms with Gasteiger partial charge in [-0.1, -0.05) is 18.2 Å². The quantitative estimate of drug-likeness (QED) is 0.523. The number of fused-ring (bicyclic) bond motifs is 3. The lowest BCUT2D eigenvalue weighted by Crippen LogP contribution is -1.95. The van der Waals surface area contributed by atoms with Crippen LogP contribution in [0.15, 0.2) is 46.9 Å². The van der Waals surface area contributed by atoms with Crippen LogP contribution in [-0.4, -0.2) is 20.0 Å². The third-order valence-electron chi connectivity index (χ3n) is 3.58. The Kier molecular flexibility index (Phi) is 2.27. The van der Waals surface area contributed by atoms with Crippen molar-refractivity contribution in [3.05, 3.63) is 48.2 Å². The maximum absolute atomic E-state index is 10.1. The van der Waals surface area contributed by atoms with Gasteiger partial charge in [-0.15, -0.1) is 0 Å². The zero-order valence-corrected chi connectivity index (χ0v) is 11.2. The third-order valence-corrected chi connectivity index (χ3v) is 3.58. The van der Waals surface area contributed by atoms with Crippen molar-refractivity contribution >= 4 is 22.1 Å². The highest BCUT2D eigenvalue weighted by Gasteiger charge is 2.21. The number of phenolic OH excluding ortho intramolecular Hbond substituents is 2. The van der Waals surface area contributed by atoms with E-state index in [0.717, 1.165) is 11.4 Å². The Hall–Kier alpha value is -2.95. The topological polar surface area (TPSA) is 71.4 Å². The Labute approximate surface area is 119 Å². The molecule has 2 aromatic carbocycles. The largest absolute Gasteiger partial charge is 0.507 e. The Morgan fingerprint density at radius 1 is 0.952 bits per heavy atom.